The van der Waals surface area contributed by atoms with Crippen molar-refractivity contribution in [1.29, 1.82) is 0 Å². The monoisotopic (exact) mass is 378 g/mol. The molecule has 138 valence electrons. The van der Waals surface area contributed by atoms with E-state index in [-0.39, 0.29) is 0 Å². The highest BCUT2D eigenvalue weighted by atomic mass is 35.5. The van der Waals surface area contributed by atoms with Gasteiger partial charge in [-0.3, -0.25) is 0 Å². The van der Waals surface area contributed by atoms with Gasteiger partial charge in [0, 0.05) is 48.0 Å². The van der Waals surface area contributed by atoms with Crippen LogP contribution < -0.4 is 4.90 Å². The molecule has 1 saturated heterocycles. The second kappa shape index (κ2) is 7.67. The fourth-order valence-corrected chi connectivity index (χ4v) is 3.61. The van der Waals surface area contributed by atoms with E-state index in [1.807, 2.05) is 37.3 Å². The van der Waals surface area contributed by atoms with Crippen molar-refractivity contribution in [2.24, 2.45) is 0 Å². The number of hydrogen-bond acceptors (Lipinski definition) is 4. The lowest BCUT2D eigenvalue weighted by molar-refractivity contribution is 0.313. The Kier molecular flexibility index (Phi) is 5.10. The smallest absolute Gasteiger partial charge is 0.126 e. The van der Waals surface area contributed by atoms with Crippen molar-refractivity contribution in [3.8, 4) is 22.5 Å². The topological polar surface area (TPSA) is 32.3 Å². The first-order valence-corrected chi connectivity index (χ1v) is 9.62. The normalized spacial score (nSPS) is 15.1. The van der Waals surface area contributed by atoms with Crippen molar-refractivity contribution in [3.63, 3.8) is 0 Å². The molecule has 2 heterocycles. The van der Waals surface area contributed by atoms with E-state index in [4.69, 9.17) is 11.6 Å². The van der Waals surface area contributed by atoms with Crippen molar-refractivity contribution in [2.75, 3.05) is 38.1 Å². The summed E-state index contributed by atoms with van der Waals surface area (Å²) in [7, 11) is 2.18. The SMILES string of the molecule is Cc1nc(-c2ccc(N3CCN(C)CC3)cc2)cc(-c2cccc(Cl)c2)n1. The molecule has 4 rings (SSSR count). The van der Waals surface area contributed by atoms with Crippen molar-refractivity contribution in [2.45, 2.75) is 6.92 Å². The van der Waals surface area contributed by atoms with Crippen LogP contribution >= 0.6 is 11.6 Å². The van der Waals surface area contributed by atoms with Crippen LogP contribution in [0.25, 0.3) is 22.5 Å². The molecule has 27 heavy (non-hydrogen) atoms. The van der Waals surface area contributed by atoms with E-state index < -0.39 is 0 Å². The van der Waals surface area contributed by atoms with Crippen molar-refractivity contribution >= 4 is 17.3 Å². The number of hydrogen-bond donors (Lipinski definition) is 0. The summed E-state index contributed by atoms with van der Waals surface area (Å²) in [5.41, 5.74) is 5.20. The molecule has 1 aromatic heterocycles. The molecule has 1 fully saturated rings. The number of rotatable bonds is 3. The van der Waals surface area contributed by atoms with Gasteiger partial charge in [-0.2, -0.15) is 0 Å². The molecule has 0 spiro atoms. The summed E-state index contributed by atoms with van der Waals surface area (Å²) >= 11 is 6.14. The van der Waals surface area contributed by atoms with E-state index >= 15 is 0 Å². The molecule has 0 amide bonds. The summed E-state index contributed by atoms with van der Waals surface area (Å²) in [5.74, 6) is 0.755. The minimum atomic E-state index is 0.710. The molecule has 0 aliphatic carbocycles. The average Bonchev–Trinajstić information content (AvgIpc) is 2.68. The van der Waals surface area contributed by atoms with E-state index in [0.717, 1.165) is 54.5 Å². The second-order valence-corrected chi connectivity index (χ2v) is 7.47. The zero-order chi connectivity index (χ0) is 18.8. The molecule has 0 radical (unpaired) electrons. The van der Waals surface area contributed by atoms with Crippen LogP contribution in [0.2, 0.25) is 5.02 Å². The molecule has 1 aliphatic rings. The van der Waals surface area contributed by atoms with Crippen LogP contribution in [0, 0.1) is 6.92 Å². The van der Waals surface area contributed by atoms with Gasteiger partial charge in [0.2, 0.25) is 0 Å². The Morgan fingerprint density at radius 2 is 1.48 bits per heavy atom. The number of benzene rings is 2. The van der Waals surface area contributed by atoms with Crippen LogP contribution in [0.4, 0.5) is 5.69 Å². The number of nitrogens with zero attached hydrogens (tertiary/aromatic N) is 4. The Morgan fingerprint density at radius 1 is 0.815 bits per heavy atom. The number of piperazine rings is 1. The Labute approximate surface area is 165 Å². The van der Waals surface area contributed by atoms with E-state index in [2.05, 4.69) is 51.1 Å². The third-order valence-electron chi connectivity index (χ3n) is 4.99. The fraction of sp³-hybridized carbons (Fsp3) is 0.273. The lowest BCUT2D eigenvalue weighted by Gasteiger charge is -2.34. The average molecular weight is 379 g/mol. The summed E-state index contributed by atoms with van der Waals surface area (Å²) in [6.07, 6.45) is 0. The van der Waals surface area contributed by atoms with E-state index in [9.17, 15) is 0 Å². The van der Waals surface area contributed by atoms with E-state index in [0.29, 0.717) is 5.02 Å². The van der Waals surface area contributed by atoms with Gasteiger partial charge in [-0.25, -0.2) is 9.97 Å². The van der Waals surface area contributed by atoms with Crippen LogP contribution in [0.5, 0.6) is 0 Å². The number of aromatic nitrogens is 2. The van der Waals surface area contributed by atoms with Crippen molar-refractivity contribution in [3.05, 3.63) is 65.4 Å². The maximum atomic E-state index is 6.14. The zero-order valence-corrected chi connectivity index (χ0v) is 16.4. The molecule has 2 aromatic carbocycles. The molecule has 0 saturated carbocycles. The summed E-state index contributed by atoms with van der Waals surface area (Å²) in [5, 5.41) is 0.710. The lowest BCUT2D eigenvalue weighted by atomic mass is 10.1. The third kappa shape index (κ3) is 4.12. The minimum Gasteiger partial charge on any atom is -0.369 e. The number of likely N-dealkylation sites (N-methyl/N-ethyl adjacent to an activating group) is 1. The highest BCUT2D eigenvalue weighted by Crippen LogP contribution is 2.27. The van der Waals surface area contributed by atoms with Gasteiger partial charge in [-0.05, 0) is 44.3 Å². The highest BCUT2D eigenvalue weighted by molar-refractivity contribution is 6.30. The molecule has 0 bridgehead atoms. The number of anilines is 1. The first-order chi connectivity index (χ1) is 13.1. The van der Waals surface area contributed by atoms with Crippen molar-refractivity contribution in [1.82, 2.24) is 14.9 Å². The molecule has 3 aromatic rings. The van der Waals surface area contributed by atoms with E-state index in [1.165, 1.54) is 5.69 Å². The second-order valence-electron chi connectivity index (χ2n) is 7.03. The molecule has 1 aliphatic heterocycles. The Bertz CT molecular complexity index is 931. The van der Waals surface area contributed by atoms with Gasteiger partial charge < -0.3 is 9.80 Å². The van der Waals surface area contributed by atoms with Gasteiger partial charge in [0.25, 0.3) is 0 Å². The summed E-state index contributed by atoms with van der Waals surface area (Å²) in [6, 6.07) is 18.5. The Morgan fingerprint density at radius 3 is 2.15 bits per heavy atom. The summed E-state index contributed by atoms with van der Waals surface area (Å²) < 4.78 is 0. The number of aryl methyl sites for hydroxylation is 1. The predicted octanol–water partition coefficient (Wildman–Crippen LogP) is 4.52. The van der Waals surface area contributed by atoms with Gasteiger partial charge in [0.05, 0.1) is 11.4 Å². The molecule has 4 nitrogen and oxygen atoms in total. The Balaban J connectivity index is 1.61. The van der Waals surface area contributed by atoms with Crippen LogP contribution in [0.15, 0.2) is 54.6 Å². The fourth-order valence-electron chi connectivity index (χ4n) is 3.42. The van der Waals surface area contributed by atoms with E-state index in [1.54, 1.807) is 0 Å². The van der Waals surface area contributed by atoms with Gasteiger partial charge >= 0.3 is 0 Å². The predicted molar refractivity (Wildman–Crippen MR) is 112 cm³/mol. The largest absolute Gasteiger partial charge is 0.369 e. The molecule has 5 heteroatoms. The maximum Gasteiger partial charge on any atom is 0.126 e. The zero-order valence-electron chi connectivity index (χ0n) is 15.7. The molecule has 0 atom stereocenters. The van der Waals surface area contributed by atoms with Crippen LogP contribution in [-0.4, -0.2) is 48.1 Å². The quantitative estimate of drug-likeness (QED) is 0.670. The first-order valence-electron chi connectivity index (χ1n) is 9.24. The maximum absolute atomic E-state index is 6.14. The number of halogens is 1. The van der Waals surface area contributed by atoms with Gasteiger partial charge in [-0.15, -0.1) is 0 Å². The molecule has 0 unspecified atom stereocenters. The highest BCUT2D eigenvalue weighted by Gasteiger charge is 2.14. The molecular formula is C22H23ClN4. The standard InChI is InChI=1S/C22H23ClN4/c1-16-24-21(15-22(25-16)18-4-3-5-19(23)14-18)17-6-8-20(9-7-17)27-12-10-26(2)11-13-27/h3-9,14-15H,10-13H2,1-2H3. The summed E-state index contributed by atoms with van der Waals surface area (Å²) in [6.45, 7) is 6.28. The minimum absolute atomic E-state index is 0.710. The first kappa shape index (κ1) is 18.0. The lowest BCUT2D eigenvalue weighted by Crippen LogP contribution is -2.44. The molecule has 0 N–H and O–H groups in total. The van der Waals surface area contributed by atoms with Crippen LogP contribution in [0.3, 0.4) is 0 Å². The van der Waals surface area contributed by atoms with Gasteiger partial charge in [0.15, 0.2) is 0 Å². The summed E-state index contributed by atoms with van der Waals surface area (Å²) in [4.78, 5) is 14.0. The van der Waals surface area contributed by atoms with Crippen LogP contribution in [-0.2, 0) is 0 Å². The third-order valence-corrected chi connectivity index (χ3v) is 5.22. The molecular weight excluding hydrogens is 356 g/mol. The van der Waals surface area contributed by atoms with Gasteiger partial charge in [0.1, 0.15) is 5.82 Å². The van der Waals surface area contributed by atoms with Crippen molar-refractivity contribution < 1.29 is 0 Å². The Hall–Kier alpha value is -2.43. The van der Waals surface area contributed by atoms with Gasteiger partial charge in [-0.1, -0.05) is 35.9 Å². The van der Waals surface area contributed by atoms with Crippen LogP contribution in [0.1, 0.15) is 5.82 Å².